The van der Waals surface area contributed by atoms with Crippen LogP contribution < -0.4 is 15.0 Å². The van der Waals surface area contributed by atoms with Crippen molar-refractivity contribution < 1.29 is 9.53 Å². The van der Waals surface area contributed by atoms with E-state index in [0.717, 1.165) is 64.1 Å². The summed E-state index contributed by atoms with van der Waals surface area (Å²) in [5.74, 6) is 0.566. The number of halogens is 1. The minimum Gasteiger partial charge on any atom is -0.490 e. The maximum Gasteiger partial charge on any atom is 0.253 e. The zero-order valence-corrected chi connectivity index (χ0v) is 22.2. The van der Waals surface area contributed by atoms with Gasteiger partial charge < -0.3 is 15.0 Å². The van der Waals surface area contributed by atoms with Crippen molar-refractivity contribution in [3.8, 4) is 11.8 Å². The van der Waals surface area contributed by atoms with Crippen LogP contribution in [0.2, 0.25) is 5.02 Å². The molecule has 2 aliphatic rings. The molecule has 0 aliphatic carbocycles. The minimum absolute atomic E-state index is 0.0986. The Morgan fingerprint density at radius 2 is 1.66 bits per heavy atom. The molecule has 0 bridgehead atoms. The molecule has 3 aromatic rings. The number of ether oxygens (including phenoxy) is 1. The van der Waals surface area contributed by atoms with E-state index in [2.05, 4.69) is 45.5 Å². The molecule has 0 saturated carbocycles. The highest BCUT2D eigenvalue weighted by molar-refractivity contribution is 6.34. The van der Waals surface area contributed by atoms with Crippen LogP contribution in [0.3, 0.4) is 0 Å². The summed E-state index contributed by atoms with van der Waals surface area (Å²) in [7, 11) is 0. The Bertz CT molecular complexity index is 1260. The van der Waals surface area contributed by atoms with E-state index in [0.29, 0.717) is 21.9 Å². The zero-order chi connectivity index (χ0) is 26.3. The molecule has 7 heteroatoms. The molecule has 2 saturated heterocycles. The second kappa shape index (κ2) is 12.3. The van der Waals surface area contributed by atoms with Crippen molar-refractivity contribution in [3.05, 3.63) is 94.5 Å². The average molecular weight is 529 g/mol. The monoisotopic (exact) mass is 528 g/mol. The van der Waals surface area contributed by atoms with Crippen molar-refractivity contribution in [2.45, 2.75) is 44.4 Å². The molecule has 38 heavy (non-hydrogen) atoms. The van der Waals surface area contributed by atoms with Crippen LogP contribution in [0.4, 0.5) is 5.69 Å². The largest absolute Gasteiger partial charge is 0.490 e. The van der Waals surface area contributed by atoms with Crippen molar-refractivity contribution in [1.29, 1.82) is 5.26 Å². The summed E-state index contributed by atoms with van der Waals surface area (Å²) in [5, 5.41) is 12.6. The second-order valence-electron chi connectivity index (χ2n) is 10.1. The quantitative estimate of drug-likeness (QED) is 0.429. The van der Waals surface area contributed by atoms with Gasteiger partial charge in [0.2, 0.25) is 0 Å². The summed E-state index contributed by atoms with van der Waals surface area (Å²) in [6.07, 6.45) is 3.74. The lowest BCUT2D eigenvalue weighted by molar-refractivity contribution is 0.0909. The number of nitriles is 1. The molecule has 2 heterocycles. The summed E-state index contributed by atoms with van der Waals surface area (Å²) in [4.78, 5) is 17.7. The van der Waals surface area contributed by atoms with E-state index in [1.54, 1.807) is 12.1 Å². The van der Waals surface area contributed by atoms with E-state index in [4.69, 9.17) is 21.6 Å². The number of carbonyl (C=O) groups is 1. The number of nitrogens with zero attached hydrogens (tertiary/aromatic N) is 3. The topological polar surface area (TPSA) is 68.6 Å². The third-order valence-corrected chi connectivity index (χ3v) is 7.78. The van der Waals surface area contributed by atoms with E-state index in [9.17, 15) is 4.79 Å². The summed E-state index contributed by atoms with van der Waals surface area (Å²) < 4.78 is 6.21. The van der Waals surface area contributed by atoms with E-state index >= 15 is 0 Å². The molecule has 6 nitrogen and oxygen atoms in total. The van der Waals surface area contributed by atoms with E-state index < -0.39 is 0 Å². The second-order valence-corrected chi connectivity index (χ2v) is 10.5. The molecular weight excluding hydrogens is 496 g/mol. The fourth-order valence-corrected chi connectivity index (χ4v) is 5.52. The Kier molecular flexibility index (Phi) is 8.47. The molecule has 0 atom stereocenters. The first-order valence-corrected chi connectivity index (χ1v) is 13.7. The fraction of sp³-hybridized carbons (Fsp3) is 0.355. The van der Waals surface area contributed by atoms with Gasteiger partial charge in [-0.2, -0.15) is 5.26 Å². The summed E-state index contributed by atoms with van der Waals surface area (Å²) in [6.45, 7) is 4.64. The van der Waals surface area contributed by atoms with Gasteiger partial charge in [0.05, 0.1) is 22.2 Å². The van der Waals surface area contributed by atoms with E-state index in [-0.39, 0.29) is 18.1 Å². The van der Waals surface area contributed by atoms with Crippen molar-refractivity contribution in [2.75, 3.05) is 31.1 Å². The van der Waals surface area contributed by atoms with Crippen LogP contribution >= 0.6 is 11.6 Å². The number of rotatable bonds is 7. The van der Waals surface area contributed by atoms with Crippen LogP contribution in [0.1, 0.15) is 47.2 Å². The average Bonchev–Trinajstić information content (AvgIpc) is 2.95. The van der Waals surface area contributed by atoms with Crippen molar-refractivity contribution in [1.82, 2.24) is 10.2 Å². The number of carbonyl (C=O) groups excluding carboxylic acids is 1. The molecule has 2 fully saturated rings. The van der Waals surface area contributed by atoms with Gasteiger partial charge in [-0.25, -0.2) is 0 Å². The fourth-order valence-electron chi connectivity index (χ4n) is 5.26. The molecule has 0 unspecified atom stereocenters. The lowest BCUT2D eigenvalue weighted by atomic mass is 10.0. The summed E-state index contributed by atoms with van der Waals surface area (Å²) in [6, 6.07) is 25.9. The molecule has 0 aromatic heterocycles. The number of nitrogens with one attached hydrogen (secondary N) is 1. The molecule has 1 amide bonds. The third kappa shape index (κ3) is 6.66. The van der Waals surface area contributed by atoms with Gasteiger partial charge >= 0.3 is 0 Å². The number of benzene rings is 3. The third-order valence-electron chi connectivity index (χ3n) is 7.46. The smallest absolute Gasteiger partial charge is 0.253 e. The first-order valence-electron chi connectivity index (χ1n) is 13.4. The van der Waals surface area contributed by atoms with Crippen molar-refractivity contribution in [2.24, 2.45) is 0 Å². The first-order chi connectivity index (χ1) is 18.6. The Morgan fingerprint density at radius 1 is 0.947 bits per heavy atom. The summed E-state index contributed by atoms with van der Waals surface area (Å²) in [5.41, 5.74) is 3.61. The number of hydrogen-bond acceptors (Lipinski definition) is 5. The van der Waals surface area contributed by atoms with E-state index in [1.807, 2.05) is 36.4 Å². The van der Waals surface area contributed by atoms with Crippen molar-refractivity contribution in [3.63, 3.8) is 0 Å². The van der Waals surface area contributed by atoms with Gasteiger partial charge in [-0.1, -0.05) is 41.9 Å². The van der Waals surface area contributed by atoms with Gasteiger partial charge in [0.15, 0.2) is 0 Å². The Labute approximate surface area is 229 Å². The highest BCUT2D eigenvalue weighted by Gasteiger charge is 2.24. The van der Waals surface area contributed by atoms with Gasteiger partial charge in [0.25, 0.3) is 5.91 Å². The highest BCUT2D eigenvalue weighted by atomic mass is 35.5. The molecule has 1 N–H and O–H groups in total. The number of piperidine rings is 2. The Balaban J connectivity index is 1.08. The van der Waals surface area contributed by atoms with Crippen molar-refractivity contribution >= 4 is 23.2 Å². The Morgan fingerprint density at radius 3 is 2.32 bits per heavy atom. The van der Waals surface area contributed by atoms with Crippen LogP contribution in [0.5, 0.6) is 5.75 Å². The Hall–Kier alpha value is -3.53. The molecule has 3 aromatic carbocycles. The zero-order valence-electron chi connectivity index (χ0n) is 21.5. The SMILES string of the molecule is N#Cc1ccc(N2CCC(Oc3ccc(C(=O)NC4CCN(Cc5ccccc5)CC4)c(Cl)c3)CC2)cc1. The van der Waals surface area contributed by atoms with Gasteiger partial charge in [0, 0.05) is 57.3 Å². The predicted octanol–water partition coefficient (Wildman–Crippen LogP) is 5.65. The van der Waals surface area contributed by atoms with Crippen LogP contribution in [0, 0.1) is 11.3 Å². The van der Waals surface area contributed by atoms with Crippen LogP contribution in [-0.2, 0) is 6.54 Å². The lowest BCUT2D eigenvalue weighted by Gasteiger charge is -2.34. The lowest BCUT2D eigenvalue weighted by Crippen LogP contribution is -2.44. The standard InChI is InChI=1S/C31H33ClN4O2/c32-30-20-28(38-27-14-18-36(19-15-27)26-8-6-23(21-33)7-9-26)10-11-29(30)31(37)34-25-12-16-35(17-13-25)22-24-4-2-1-3-5-24/h1-11,20,25,27H,12-19,22H2,(H,34,37). The van der Waals surface area contributed by atoms with Gasteiger partial charge in [0.1, 0.15) is 11.9 Å². The number of hydrogen-bond donors (Lipinski definition) is 1. The molecule has 196 valence electrons. The maximum absolute atomic E-state index is 12.9. The molecule has 5 rings (SSSR count). The normalized spacial score (nSPS) is 17.1. The number of likely N-dealkylation sites (tertiary alicyclic amines) is 1. The summed E-state index contributed by atoms with van der Waals surface area (Å²) >= 11 is 6.52. The predicted molar refractivity (Wildman–Crippen MR) is 151 cm³/mol. The van der Waals surface area contributed by atoms with Crippen LogP contribution in [0.15, 0.2) is 72.8 Å². The van der Waals surface area contributed by atoms with Gasteiger partial charge in [-0.15, -0.1) is 0 Å². The molecule has 2 aliphatic heterocycles. The maximum atomic E-state index is 12.9. The van der Waals surface area contributed by atoms with Crippen LogP contribution in [0.25, 0.3) is 0 Å². The molecule has 0 spiro atoms. The highest BCUT2D eigenvalue weighted by Crippen LogP contribution is 2.27. The minimum atomic E-state index is -0.126. The van der Waals surface area contributed by atoms with Gasteiger partial charge in [-0.3, -0.25) is 9.69 Å². The van der Waals surface area contributed by atoms with E-state index in [1.165, 1.54) is 5.56 Å². The van der Waals surface area contributed by atoms with Crippen LogP contribution in [-0.4, -0.2) is 49.1 Å². The number of anilines is 1. The molecular formula is C31H33ClN4O2. The first kappa shape index (κ1) is 26.1. The molecule has 0 radical (unpaired) electrons. The van der Waals surface area contributed by atoms with Gasteiger partial charge in [-0.05, 0) is 60.9 Å². The number of amides is 1.